The van der Waals surface area contributed by atoms with Crippen LogP contribution < -0.4 is 14.8 Å². The predicted molar refractivity (Wildman–Crippen MR) is 102 cm³/mol. The van der Waals surface area contributed by atoms with Crippen LogP contribution >= 0.6 is 11.6 Å². The summed E-state index contributed by atoms with van der Waals surface area (Å²) in [5, 5.41) is 5.72. The van der Waals surface area contributed by atoms with Gasteiger partial charge in [-0.1, -0.05) is 11.6 Å². The maximum Gasteiger partial charge on any atom is 0.433 e. The van der Waals surface area contributed by atoms with Crippen molar-refractivity contribution in [1.29, 1.82) is 0 Å². The van der Waals surface area contributed by atoms with E-state index in [0.717, 1.165) is 19.3 Å². The number of aryl methyl sites for hydroxylation is 1. The summed E-state index contributed by atoms with van der Waals surface area (Å²) >= 11 is 6.13. The van der Waals surface area contributed by atoms with Crippen LogP contribution in [0.3, 0.4) is 0 Å². The molecule has 1 aromatic carbocycles. The van der Waals surface area contributed by atoms with E-state index in [4.69, 9.17) is 21.1 Å². The molecule has 1 aliphatic heterocycles. The number of nitrogens with one attached hydrogen (secondary N) is 1. The highest BCUT2D eigenvalue weighted by atomic mass is 35.5. The average molecular weight is 493 g/mol. The topological polar surface area (TPSA) is 78.3 Å². The van der Waals surface area contributed by atoms with Gasteiger partial charge in [0.25, 0.3) is 5.91 Å². The monoisotopic (exact) mass is 492 g/mol. The van der Waals surface area contributed by atoms with Crippen LogP contribution in [-0.2, 0) is 19.4 Å². The van der Waals surface area contributed by atoms with Gasteiger partial charge in [0.05, 0.1) is 10.6 Å². The van der Waals surface area contributed by atoms with Crippen LogP contribution in [0.15, 0.2) is 30.5 Å². The molecule has 2 aromatic heterocycles. The van der Waals surface area contributed by atoms with Crippen molar-refractivity contribution in [3.63, 3.8) is 0 Å². The zero-order chi connectivity index (χ0) is 24.1. The van der Waals surface area contributed by atoms with Crippen LogP contribution in [-0.4, -0.2) is 27.5 Å². The SMILES string of the molecule is Cn1nc(-c2c(Cl)ccc3c2OCO3)c(C(F)(F)F)c1C(=O)Nc1ccnc(C(F)(F)F)c1. The van der Waals surface area contributed by atoms with Crippen molar-refractivity contribution in [2.24, 2.45) is 7.05 Å². The summed E-state index contributed by atoms with van der Waals surface area (Å²) in [6.07, 6.45) is -9.14. The number of carbonyl (C=O) groups excluding carboxylic acids is 1. The van der Waals surface area contributed by atoms with Gasteiger partial charge in [0.15, 0.2) is 11.5 Å². The van der Waals surface area contributed by atoms with Crippen LogP contribution in [0.25, 0.3) is 11.3 Å². The van der Waals surface area contributed by atoms with Gasteiger partial charge in [-0.15, -0.1) is 0 Å². The maximum atomic E-state index is 14.1. The van der Waals surface area contributed by atoms with Gasteiger partial charge in [-0.3, -0.25) is 14.5 Å². The van der Waals surface area contributed by atoms with Gasteiger partial charge >= 0.3 is 12.4 Å². The molecule has 0 saturated carbocycles. The Hall–Kier alpha value is -3.48. The molecule has 174 valence electrons. The van der Waals surface area contributed by atoms with Gasteiger partial charge in [0.1, 0.15) is 22.6 Å². The number of pyridine rings is 1. The highest BCUT2D eigenvalue weighted by Crippen LogP contribution is 2.49. The molecular weight excluding hydrogens is 482 g/mol. The first kappa shape index (κ1) is 22.7. The van der Waals surface area contributed by atoms with E-state index >= 15 is 0 Å². The fourth-order valence-corrected chi connectivity index (χ4v) is 3.49. The van der Waals surface area contributed by atoms with Gasteiger partial charge in [0, 0.05) is 18.9 Å². The minimum absolute atomic E-state index is 0.0815. The Labute approximate surface area is 185 Å². The van der Waals surface area contributed by atoms with E-state index < -0.39 is 46.6 Å². The number of alkyl halides is 6. The molecule has 33 heavy (non-hydrogen) atoms. The molecule has 0 fully saturated rings. The number of hydrogen-bond donors (Lipinski definition) is 1. The lowest BCUT2D eigenvalue weighted by Crippen LogP contribution is -2.21. The molecule has 0 radical (unpaired) electrons. The van der Waals surface area contributed by atoms with Crippen LogP contribution in [0.5, 0.6) is 11.5 Å². The lowest BCUT2D eigenvalue weighted by molar-refractivity contribution is -0.141. The Bertz CT molecular complexity index is 1260. The molecule has 0 aliphatic carbocycles. The number of nitrogens with zero attached hydrogens (tertiary/aromatic N) is 3. The second-order valence-corrected chi connectivity index (χ2v) is 7.14. The van der Waals surface area contributed by atoms with Gasteiger partial charge in [-0.2, -0.15) is 31.4 Å². The summed E-state index contributed by atoms with van der Waals surface area (Å²) in [6, 6.07) is 4.19. The predicted octanol–water partition coefficient (Wildman–Crippen LogP) is 5.15. The van der Waals surface area contributed by atoms with Gasteiger partial charge in [0.2, 0.25) is 6.79 Å². The second-order valence-electron chi connectivity index (χ2n) is 6.73. The van der Waals surface area contributed by atoms with Gasteiger partial charge in [-0.05, 0) is 24.3 Å². The Morgan fingerprint density at radius 2 is 1.85 bits per heavy atom. The number of halogens is 7. The molecule has 1 N–H and O–H groups in total. The highest BCUT2D eigenvalue weighted by Gasteiger charge is 2.44. The molecule has 0 unspecified atom stereocenters. The van der Waals surface area contributed by atoms with Crippen LogP contribution in [0.1, 0.15) is 21.7 Å². The number of rotatable bonds is 3. The molecule has 0 spiro atoms. The molecule has 1 amide bonds. The number of anilines is 1. The van der Waals surface area contributed by atoms with E-state index in [9.17, 15) is 31.1 Å². The van der Waals surface area contributed by atoms with Gasteiger partial charge in [-0.25, -0.2) is 0 Å². The van der Waals surface area contributed by atoms with Crippen LogP contribution in [0.4, 0.5) is 32.0 Å². The third-order valence-electron chi connectivity index (χ3n) is 4.58. The molecular formula is C19H11ClF6N4O3. The second kappa shape index (κ2) is 7.83. The Kier molecular flexibility index (Phi) is 5.39. The highest BCUT2D eigenvalue weighted by molar-refractivity contribution is 6.34. The summed E-state index contributed by atoms with van der Waals surface area (Å²) in [6.45, 7) is -0.256. The van der Waals surface area contributed by atoms with E-state index in [1.165, 1.54) is 12.1 Å². The van der Waals surface area contributed by atoms with Crippen LogP contribution in [0.2, 0.25) is 5.02 Å². The first-order chi connectivity index (χ1) is 15.4. The van der Waals surface area contributed by atoms with Gasteiger partial charge < -0.3 is 14.8 Å². The quantitative estimate of drug-likeness (QED) is 0.511. The number of benzene rings is 1. The Morgan fingerprint density at radius 1 is 1.12 bits per heavy atom. The Balaban J connectivity index is 1.83. The first-order valence-corrected chi connectivity index (χ1v) is 9.33. The van der Waals surface area contributed by atoms with Crippen molar-refractivity contribution >= 4 is 23.2 Å². The fourth-order valence-electron chi connectivity index (χ4n) is 3.25. The summed E-state index contributed by atoms with van der Waals surface area (Å²) in [5.74, 6) is -1.29. The number of ether oxygens (including phenoxy) is 2. The largest absolute Gasteiger partial charge is 0.454 e. The third kappa shape index (κ3) is 4.15. The normalized spacial score (nSPS) is 13.3. The minimum Gasteiger partial charge on any atom is -0.454 e. The van der Waals surface area contributed by atoms with Crippen molar-refractivity contribution < 1.29 is 40.6 Å². The van der Waals surface area contributed by atoms with Crippen molar-refractivity contribution in [2.75, 3.05) is 12.1 Å². The van der Waals surface area contributed by atoms with E-state index in [1.54, 1.807) is 0 Å². The zero-order valence-electron chi connectivity index (χ0n) is 16.3. The standard InChI is InChI=1S/C19H11ClF6N4O3/c1-30-15(17(31)28-8-4-5-27-11(6-8)18(21,22)23)13(19(24,25)26)14(29-30)12-9(20)2-3-10-16(12)33-7-32-10/h2-6H,7H2,1H3,(H,27,28,31). The summed E-state index contributed by atoms with van der Waals surface area (Å²) < 4.78 is 92.0. The van der Waals surface area contributed by atoms with E-state index in [2.05, 4.69) is 10.1 Å². The summed E-state index contributed by atoms with van der Waals surface area (Å²) in [5.41, 5.74) is -5.07. The summed E-state index contributed by atoms with van der Waals surface area (Å²) in [4.78, 5) is 15.9. The zero-order valence-corrected chi connectivity index (χ0v) is 17.1. The third-order valence-corrected chi connectivity index (χ3v) is 4.89. The molecule has 0 atom stereocenters. The number of fused-ring (bicyclic) bond motifs is 1. The molecule has 3 heterocycles. The lowest BCUT2D eigenvalue weighted by atomic mass is 10.0. The van der Waals surface area contributed by atoms with Crippen molar-refractivity contribution in [3.05, 3.63) is 52.4 Å². The van der Waals surface area contributed by atoms with Crippen LogP contribution in [0, 0.1) is 0 Å². The summed E-state index contributed by atoms with van der Waals surface area (Å²) in [7, 11) is 1.08. The van der Waals surface area contributed by atoms with E-state index in [-0.39, 0.29) is 28.9 Å². The maximum absolute atomic E-state index is 14.1. The van der Waals surface area contributed by atoms with E-state index in [0.29, 0.717) is 10.7 Å². The first-order valence-electron chi connectivity index (χ1n) is 8.95. The lowest BCUT2D eigenvalue weighted by Gasteiger charge is -2.13. The smallest absolute Gasteiger partial charge is 0.433 e. The van der Waals surface area contributed by atoms with Crippen molar-refractivity contribution in [1.82, 2.24) is 14.8 Å². The van der Waals surface area contributed by atoms with E-state index in [1.807, 2.05) is 5.32 Å². The molecule has 0 bridgehead atoms. The molecule has 1 aliphatic rings. The minimum atomic E-state index is -5.09. The molecule has 0 saturated heterocycles. The molecule has 14 heteroatoms. The average Bonchev–Trinajstić information content (AvgIpc) is 3.31. The van der Waals surface area contributed by atoms with Crippen molar-refractivity contribution in [3.8, 4) is 22.8 Å². The molecule has 4 rings (SSSR count). The molecule has 3 aromatic rings. The number of carbonyl (C=O) groups is 1. The Morgan fingerprint density at radius 3 is 2.52 bits per heavy atom. The molecule has 7 nitrogen and oxygen atoms in total. The van der Waals surface area contributed by atoms with Crippen molar-refractivity contribution in [2.45, 2.75) is 12.4 Å². The number of hydrogen-bond acceptors (Lipinski definition) is 5. The number of aromatic nitrogens is 3. The fraction of sp³-hybridized carbons (Fsp3) is 0.211. The number of amides is 1.